The number of nitrogens with zero attached hydrogens (tertiary/aromatic N) is 3. The second-order valence-corrected chi connectivity index (χ2v) is 6.65. The Morgan fingerprint density at radius 3 is 2.92 bits per heavy atom. The number of methoxy groups -OCH3 is 1. The Bertz CT molecular complexity index is 698. The maximum atomic E-state index is 9.49. The van der Waals surface area contributed by atoms with Crippen molar-refractivity contribution in [1.29, 1.82) is 0 Å². The van der Waals surface area contributed by atoms with Crippen LogP contribution in [0.15, 0.2) is 42.6 Å². The first-order chi connectivity index (χ1) is 12.2. The molecule has 1 N–H and O–H groups in total. The van der Waals surface area contributed by atoms with Gasteiger partial charge in [0.2, 0.25) is 0 Å². The van der Waals surface area contributed by atoms with Crippen LogP contribution >= 0.6 is 11.6 Å². The number of aromatic nitrogens is 1. The van der Waals surface area contributed by atoms with E-state index in [0.29, 0.717) is 5.02 Å². The fraction of sp³-hybridized carbons (Fsp3) is 0.421. The topological polar surface area (TPSA) is 48.8 Å². The van der Waals surface area contributed by atoms with Crippen LogP contribution in [0.4, 0.5) is 5.82 Å². The van der Waals surface area contributed by atoms with Gasteiger partial charge in [0.15, 0.2) is 0 Å². The first-order valence-corrected chi connectivity index (χ1v) is 8.92. The van der Waals surface area contributed by atoms with Crippen molar-refractivity contribution in [2.45, 2.75) is 19.0 Å². The Morgan fingerprint density at radius 2 is 2.16 bits per heavy atom. The quantitative estimate of drug-likeness (QED) is 0.857. The lowest BCUT2D eigenvalue weighted by Crippen LogP contribution is -2.53. The number of piperazine rings is 1. The van der Waals surface area contributed by atoms with Crippen LogP contribution in [0.3, 0.4) is 0 Å². The van der Waals surface area contributed by atoms with E-state index >= 15 is 0 Å². The van der Waals surface area contributed by atoms with Gasteiger partial charge in [-0.3, -0.25) is 4.90 Å². The van der Waals surface area contributed by atoms with E-state index in [2.05, 4.69) is 26.9 Å². The van der Waals surface area contributed by atoms with Gasteiger partial charge < -0.3 is 14.7 Å². The molecule has 0 aliphatic carbocycles. The Hall–Kier alpha value is -1.82. The number of ether oxygens (including phenoxy) is 1. The Kier molecular flexibility index (Phi) is 6.13. The van der Waals surface area contributed by atoms with Crippen LogP contribution in [-0.2, 0) is 6.54 Å². The van der Waals surface area contributed by atoms with E-state index in [9.17, 15) is 5.11 Å². The summed E-state index contributed by atoms with van der Waals surface area (Å²) in [6.45, 7) is 3.58. The molecule has 1 aromatic heterocycles. The molecule has 5 nitrogen and oxygen atoms in total. The summed E-state index contributed by atoms with van der Waals surface area (Å²) in [5.74, 6) is 1.70. The molecule has 0 bridgehead atoms. The molecule has 134 valence electrons. The smallest absolute Gasteiger partial charge is 0.147 e. The lowest BCUT2D eigenvalue weighted by molar-refractivity contribution is 0.135. The van der Waals surface area contributed by atoms with Gasteiger partial charge in [0.05, 0.1) is 12.1 Å². The first-order valence-electron chi connectivity index (χ1n) is 8.54. The van der Waals surface area contributed by atoms with E-state index in [1.54, 1.807) is 13.3 Å². The van der Waals surface area contributed by atoms with Crippen molar-refractivity contribution >= 4 is 17.4 Å². The third-order valence-corrected chi connectivity index (χ3v) is 4.92. The van der Waals surface area contributed by atoms with Gasteiger partial charge in [-0.2, -0.15) is 0 Å². The Morgan fingerprint density at radius 1 is 1.28 bits per heavy atom. The lowest BCUT2D eigenvalue weighted by Gasteiger charge is -2.42. The molecule has 0 radical (unpaired) electrons. The minimum atomic E-state index is 0.170. The monoisotopic (exact) mass is 361 g/mol. The van der Waals surface area contributed by atoms with Crippen LogP contribution in [0.5, 0.6) is 5.75 Å². The van der Waals surface area contributed by atoms with Crippen molar-refractivity contribution in [3.8, 4) is 5.75 Å². The van der Waals surface area contributed by atoms with Crippen molar-refractivity contribution in [1.82, 2.24) is 9.88 Å². The maximum Gasteiger partial charge on any atom is 0.147 e. The number of pyridine rings is 1. The number of halogens is 1. The summed E-state index contributed by atoms with van der Waals surface area (Å²) in [5.41, 5.74) is 1.21. The number of rotatable bonds is 6. The third-order valence-electron chi connectivity index (χ3n) is 4.63. The number of aliphatic hydroxyl groups is 1. The predicted octanol–water partition coefficient (Wildman–Crippen LogP) is 2.82. The highest BCUT2D eigenvalue weighted by atomic mass is 35.5. The number of hydrogen-bond donors (Lipinski definition) is 1. The zero-order valence-corrected chi connectivity index (χ0v) is 15.2. The number of benzene rings is 1. The van der Waals surface area contributed by atoms with Crippen LogP contribution < -0.4 is 9.64 Å². The van der Waals surface area contributed by atoms with E-state index in [-0.39, 0.29) is 12.6 Å². The van der Waals surface area contributed by atoms with Crippen LogP contribution in [0.1, 0.15) is 12.0 Å². The van der Waals surface area contributed by atoms with Crippen LogP contribution in [0.25, 0.3) is 0 Å². The van der Waals surface area contributed by atoms with Crippen molar-refractivity contribution in [2.75, 3.05) is 38.3 Å². The minimum absolute atomic E-state index is 0.170. The van der Waals surface area contributed by atoms with Gasteiger partial charge in [-0.1, -0.05) is 23.7 Å². The summed E-state index contributed by atoms with van der Waals surface area (Å²) in [7, 11) is 1.68. The molecule has 1 aliphatic rings. The fourth-order valence-electron chi connectivity index (χ4n) is 3.33. The van der Waals surface area contributed by atoms with Crippen LogP contribution in [0.2, 0.25) is 5.02 Å². The van der Waals surface area contributed by atoms with Crippen molar-refractivity contribution in [3.63, 3.8) is 0 Å². The molecule has 1 atom stereocenters. The first kappa shape index (κ1) is 18.0. The molecular weight excluding hydrogens is 338 g/mol. The molecule has 2 heterocycles. The maximum absolute atomic E-state index is 9.49. The van der Waals surface area contributed by atoms with Gasteiger partial charge in [-0.15, -0.1) is 0 Å². The SMILES string of the molecule is COc1cccc(CN2CCN(c3ncccc3Cl)CC2CCO)c1. The zero-order valence-electron chi connectivity index (χ0n) is 14.4. The van der Waals surface area contributed by atoms with Gasteiger partial charge >= 0.3 is 0 Å². The highest BCUT2D eigenvalue weighted by molar-refractivity contribution is 6.32. The highest BCUT2D eigenvalue weighted by Crippen LogP contribution is 2.26. The Balaban J connectivity index is 1.72. The summed E-state index contributed by atoms with van der Waals surface area (Å²) >= 11 is 6.30. The fourth-order valence-corrected chi connectivity index (χ4v) is 3.57. The van der Waals surface area contributed by atoms with E-state index in [0.717, 1.165) is 44.2 Å². The molecule has 0 spiro atoms. The summed E-state index contributed by atoms with van der Waals surface area (Å²) < 4.78 is 5.32. The minimum Gasteiger partial charge on any atom is -0.497 e. The van der Waals surface area contributed by atoms with Crippen molar-refractivity contribution in [2.24, 2.45) is 0 Å². The summed E-state index contributed by atoms with van der Waals surface area (Å²) in [5, 5.41) is 10.2. The average molecular weight is 362 g/mol. The molecule has 1 saturated heterocycles. The number of anilines is 1. The van der Waals surface area contributed by atoms with Crippen molar-refractivity contribution < 1.29 is 9.84 Å². The standard InChI is InChI=1S/C19H24ClN3O2/c1-25-17-5-2-4-15(12-17)13-22-9-10-23(14-16(22)7-11-24)19-18(20)6-3-8-21-19/h2-6,8,12,16,24H,7,9-11,13-14H2,1H3. The van der Waals surface area contributed by atoms with Gasteiger partial charge in [0, 0.05) is 45.0 Å². The van der Waals surface area contributed by atoms with E-state index < -0.39 is 0 Å². The molecule has 1 aromatic carbocycles. The lowest BCUT2D eigenvalue weighted by atomic mass is 10.1. The van der Waals surface area contributed by atoms with Gasteiger partial charge in [-0.25, -0.2) is 4.98 Å². The molecule has 1 unspecified atom stereocenters. The van der Waals surface area contributed by atoms with Crippen molar-refractivity contribution in [3.05, 3.63) is 53.2 Å². The van der Waals surface area contributed by atoms with Crippen LogP contribution in [-0.4, -0.2) is 54.4 Å². The summed E-state index contributed by atoms with van der Waals surface area (Å²) in [6, 6.07) is 12.1. The normalized spacial score (nSPS) is 18.4. The van der Waals surface area contributed by atoms with Gasteiger partial charge in [0.25, 0.3) is 0 Å². The third kappa shape index (κ3) is 4.42. The molecular formula is C19H24ClN3O2. The summed E-state index contributed by atoms with van der Waals surface area (Å²) in [4.78, 5) is 9.05. The molecule has 2 aromatic rings. The summed E-state index contributed by atoms with van der Waals surface area (Å²) in [6.07, 6.45) is 2.50. The van der Waals surface area contributed by atoms with E-state index in [1.807, 2.05) is 24.3 Å². The average Bonchev–Trinajstić information content (AvgIpc) is 2.64. The van der Waals surface area contributed by atoms with E-state index in [1.165, 1.54) is 5.56 Å². The zero-order chi connectivity index (χ0) is 17.6. The van der Waals surface area contributed by atoms with Gasteiger partial charge in [-0.05, 0) is 36.2 Å². The second kappa shape index (κ2) is 8.52. The van der Waals surface area contributed by atoms with E-state index in [4.69, 9.17) is 16.3 Å². The molecule has 6 heteroatoms. The van der Waals surface area contributed by atoms with Crippen LogP contribution in [0, 0.1) is 0 Å². The molecule has 0 saturated carbocycles. The Labute approximate surface area is 153 Å². The molecule has 1 aliphatic heterocycles. The largest absolute Gasteiger partial charge is 0.497 e. The second-order valence-electron chi connectivity index (χ2n) is 6.24. The predicted molar refractivity (Wildman–Crippen MR) is 100 cm³/mol. The highest BCUT2D eigenvalue weighted by Gasteiger charge is 2.28. The number of aliphatic hydroxyl groups excluding tert-OH is 1. The molecule has 0 amide bonds. The van der Waals surface area contributed by atoms with Gasteiger partial charge in [0.1, 0.15) is 11.6 Å². The molecule has 25 heavy (non-hydrogen) atoms. The molecule has 1 fully saturated rings. The number of hydrogen-bond acceptors (Lipinski definition) is 5. The molecule has 3 rings (SSSR count).